The molecule has 1 aliphatic rings. The van der Waals surface area contributed by atoms with Gasteiger partial charge in [-0.2, -0.15) is 13.2 Å². The number of fused-ring (bicyclic) bond motifs is 2. The predicted molar refractivity (Wildman–Crippen MR) is 112 cm³/mol. The van der Waals surface area contributed by atoms with Crippen LogP contribution in [0, 0.1) is 6.92 Å². The Morgan fingerprint density at radius 1 is 1.28 bits per heavy atom. The molecule has 2 N–H and O–H groups in total. The number of anilines is 1. The zero-order valence-electron chi connectivity index (χ0n) is 17.4. The van der Waals surface area contributed by atoms with E-state index >= 15 is 0 Å². The van der Waals surface area contributed by atoms with Crippen LogP contribution in [0.25, 0.3) is 10.8 Å². The number of urea groups is 1. The average molecular weight is 447 g/mol. The summed E-state index contributed by atoms with van der Waals surface area (Å²) in [4.78, 5) is 18.2. The van der Waals surface area contributed by atoms with E-state index in [1.54, 1.807) is 31.3 Å². The number of pyridine rings is 1. The number of aryl methyl sites for hydroxylation is 1. The highest BCUT2D eigenvalue weighted by molar-refractivity contribution is 6.03. The lowest BCUT2D eigenvalue weighted by Gasteiger charge is -2.42. The first-order valence-corrected chi connectivity index (χ1v) is 9.92. The molecular formula is C23H21F4N3O2. The predicted octanol–water partition coefficient (Wildman–Crippen LogP) is 5.70. The van der Waals surface area contributed by atoms with Crippen LogP contribution in [-0.4, -0.2) is 23.3 Å². The topological polar surface area (TPSA) is 68.5 Å². The summed E-state index contributed by atoms with van der Waals surface area (Å²) in [7, 11) is 0. The number of alkyl halides is 4. The SMILES string of the molecule is Cc1cc2c(N(C(N)=O)[C@@H]3C[C@](C)(CF)Oc4cc(C(F)(F)F)ccc43)cccc2cn1. The third-order valence-corrected chi connectivity index (χ3v) is 5.65. The Kier molecular flexibility index (Phi) is 5.22. The van der Waals surface area contributed by atoms with E-state index in [2.05, 4.69) is 4.98 Å². The fraction of sp³-hybridized carbons (Fsp3) is 0.304. The van der Waals surface area contributed by atoms with Crippen LogP contribution < -0.4 is 15.4 Å². The Morgan fingerprint density at radius 3 is 2.69 bits per heavy atom. The van der Waals surface area contributed by atoms with E-state index in [9.17, 15) is 22.4 Å². The van der Waals surface area contributed by atoms with E-state index in [0.29, 0.717) is 22.3 Å². The monoisotopic (exact) mass is 447 g/mol. The lowest BCUT2D eigenvalue weighted by molar-refractivity contribution is -0.137. The van der Waals surface area contributed by atoms with Gasteiger partial charge < -0.3 is 10.5 Å². The van der Waals surface area contributed by atoms with Crippen LogP contribution in [0.15, 0.2) is 48.7 Å². The molecule has 4 rings (SSSR count). The molecule has 5 nitrogen and oxygen atoms in total. The number of halogens is 4. The third-order valence-electron chi connectivity index (χ3n) is 5.65. The number of nitrogens with zero attached hydrogens (tertiary/aromatic N) is 2. The van der Waals surface area contributed by atoms with Gasteiger partial charge in [0.2, 0.25) is 0 Å². The molecule has 2 amide bonds. The van der Waals surface area contributed by atoms with Gasteiger partial charge in [0.25, 0.3) is 0 Å². The number of primary amides is 1. The summed E-state index contributed by atoms with van der Waals surface area (Å²) in [5.74, 6) is -0.124. The van der Waals surface area contributed by atoms with E-state index in [0.717, 1.165) is 17.5 Å². The molecule has 0 unspecified atom stereocenters. The number of ether oxygens (including phenoxy) is 1. The Labute approximate surface area is 181 Å². The van der Waals surface area contributed by atoms with Crippen molar-refractivity contribution in [2.24, 2.45) is 5.73 Å². The van der Waals surface area contributed by atoms with Crippen molar-refractivity contribution in [3.05, 3.63) is 65.5 Å². The molecule has 0 saturated heterocycles. The van der Waals surface area contributed by atoms with Crippen LogP contribution in [0.1, 0.15) is 36.2 Å². The molecule has 0 bridgehead atoms. The Morgan fingerprint density at radius 2 is 2.03 bits per heavy atom. The number of aromatic nitrogens is 1. The van der Waals surface area contributed by atoms with Crippen LogP contribution in [0.2, 0.25) is 0 Å². The van der Waals surface area contributed by atoms with E-state index in [4.69, 9.17) is 10.5 Å². The van der Waals surface area contributed by atoms with Gasteiger partial charge in [-0.3, -0.25) is 9.88 Å². The fourth-order valence-corrected chi connectivity index (χ4v) is 4.12. The van der Waals surface area contributed by atoms with Crippen molar-refractivity contribution in [2.45, 2.75) is 38.1 Å². The second-order valence-corrected chi connectivity index (χ2v) is 8.19. The Hall–Kier alpha value is -3.36. The van der Waals surface area contributed by atoms with E-state index in [1.165, 1.54) is 17.9 Å². The van der Waals surface area contributed by atoms with E-state index < -0.39 is 36.1 Å². The van der Waals surface area contributed by atoms with Gasteiger partial charge in [-0.05, 0) is 38.1 Å². The van der Waals surface area contributed by atoms with Gasteiger partial charge in [-0.1, -0.05) is 18.2 Å². The van der Waals surface area contributed by atoms with Crippen molar-refractivity contribution < 1.29 is 27.1 Å². The average Bonchev–Trinajstić information content (AvgIpc) is 2.72. The van der Waals surface area contributed by atoms with Gasteiger partial charge in [0.15, 0.2) is 0 Å². The molecule has 0 saturated carbocycles. The first-order chi connectivity index (χ1) is 15.0. The standard InChI is InChI=1S/C23H21F4N3O2/c1-13-8-17-14(11-29-13)4-3-5-18(17)30(21(28)31)19-10-22(2,12-24)32-20-9-15(23(25,26)27)6-7-16(19)20/h3-9,11,19H,10,12H2,1-2H3,(H2,28,31)/t19-,22-/m1/s1. The second-order valence-electron chi connectivity index (χ2n) is 8.19. The van der Waals surface area contributed by atoms with Crippen LogP contribution >= 0.6 is 0 Å². The molecule has 0 spiro atoms. The minimum absolute atomic E-state index is 0.00522. The zero-order valence-corrected chi connectivity index (χ0v) is 17.4. The quantitative estimate of drug-likeness (QED) is 0.524. The smallest absolute Gasteiger partial charge is 0.416 e. The van der Waals surface area contributed by atoms with Gasteiger partial charge in [0.1, 0.15) is 18.0 Å². The highest BCUT2D eigenvalue weighted by Crippen LogP contribution is 2.47. The third kappa shape index (κ3) is 3.83. The van der Waals surface area contributed by atoms with Crippen LogP contribution in [-0.2, 0) is 6.18 Å². The number of carbonyl (C=O) groups is 1. The highest BCUT2D eigenvalue weighted by atomic mass is 19.4. The maximum Gasteiger partial charge on any atom is 0.416 e. The van der Waals surface area contributed by atoms with Crippen molar-refractivity contribution >= 4 is 22.5 Å². The van der Waals surface area contributed by atoms with Crippen LogP contribution in [0.5, 0.6) is 5.75 Å². The molecule has 2 aromatic carbocycles. The summed E-state index contributed by atoms with van der Waals surface area (Å²) in [5.41, 5.74) is 4.91. The minimum atomic E-state index is -4.60. The molecule has 0 radical (unpaired) electrons. The number of rotatable bonds is 3. The summed E-state index contributed by atoms with van der Waals surface area (Å²) < 4.78 is 59.4. The molecular weight excluding hydrogens is 426 g/mol. The fourth-order valence-electron chi connectivity index (χ4n) is 4.12. The number of amides is 2. The summed E-state index contributed by atoms with van der Waals surface area (Å²) in [5, 5.41) is 1.45. The summed E-state index contributed by atoms with van der Waals surface area (Å²) in [6.45, 7) is 2.30. The van der Waals surface area contributed by atoms with E-state index in [1.807, 2.05) is 6.07 Å². The lowest BCUT2D eigenvalue weighted by atomic mass is 9.87. The number of nitrogens with two attached hydrogens (primary N) is 1. The highest BCUT2D eigenvalue weighted by Gasteiger charge is 2.43. The first kappa shape index (κ1) is 21.9. The number of hydrogen-bond donors (Lipinski definition) is 1. The lowest BCUT2D eigenvalue weighted by Crippen LogP contribution is -2.48. The minimum Gasteiger partial charge on any atom is -0.484 e. The maximum absolute atomic E-state index is 13.9. The molecule has 1 aliphatic heterocycles. The Bertz CT molecular complexity index is 1200. The van der Waals surface area contributed by atoms with Gasteiger partial charge in [-0.15, -0.1) is 0 Å². The largest absolute Gasteiger partial charge is 0.484 e. The zero-order chi connectivity index (χ0) is 23.3. The molecule has 2 heterocycles. The van der Waals surface area contributed by atoms with Crippen LogP contribution in [0.3, 0.4) is 0 Å². The van der Waals surface area contributed by atoms with Gasteiger partial charge in [-0.25, -0.2) is 9.18 Å². The summed E-state index contributed by atoms with van der Waals surface area (Å²) in [6, 6.07) is 8.41. The van der Waals surface area contributed by atoms with Crippen molar-refractivity contribution in [1.29, 1.82) is 0 Å². The Balaban J connectivity index is 1.92. The number of carbonyl (C=O) groups excluding carboxylic acids is 1. The van der Waals surface area contributed by atoms with Crippen molar-refractivity contribution in [3.63, 3.8) is 0 Å². The summed E-state index contributed by atoms with van der Waals surface area (Å²) >= 11 is 0. The maximum atomic E-state index is 13.9. The molecule has 9 heteroatoms. The van der Waals surface area contributed by atoms with Crippen molar-refractivity contribution in [3.8, 4) is 5.75 Å². The van der Waals surface area contributed by atoms with Gasteiger partial charge in [0, 0.05) is 34.6 Å². The molecule has 3 aromatic rings. The molecule has 32 heavy (non-hydrogen) atoms. The molecule has 0 aliphatic carbocycles. The van der Waals surface area contributed by atoms with Gasteiger partial charge in [0.05, 0.1) is 17.3 Å². The van der Waals surface area contributed by atoms with Crippen molar-refractivity contribution in [2.75, 3.05) is 11.6 Å². The van der Waals surface area contributed by atoms with E-state index in [-0.39, 0.29) is 12.2 Å². The number of hydrogen-bond acceptors (Lipinski definition) is 3. The molecule has 2 atom stereocenters. The molecule has 1 aromatic heterocycles. The second kappa shape index (κ2) is 7.65. The number of benzene rings is 2. The van der Waals surface area contributed by atoms with Crippen LogP contribution in [0.4, 0.5) is 28.0 Å². The summed E-state index contributed by atoms with van der Waals surface area (Å²) in [6.07, 6.45) is -2.93. The molecule has 168 valence electrons. The van der Waals surface area contributed by atoms with Gasteiger partial charge >= 0.3 is 12.2 Å². The normalized spacial score (nSPS) is 20.5. The first-order valence-electron chi connectivity index (χ1n) is 9.92. The van der Waals surface area contributed by atoms with Crippen molar-refractivity contribution in [1.82, 2.24) is 4.98 Å². The molecule has 0 fully saturated rings.